The van der Waals surface area contributed by atoms with Crippen LogP contribution in [0.2, 0.25) is 0 Å². The Morgan fingerprint density at radius 1 is 0.365 bits per heavy atom. The third-order valence-corrected chi connectivity index (χ3v) is 17.9. The van der Waals surface area contributed by atoms with E-state index in [1.165, 1.54) is 21.9 Å². The number of para-hydroxylation sites is 2. The predicted octanol–water partition coefficient (Wildman–Crippen LogP) is 19.1. The largest absolute Gasteiger partial charge is 0.311 e. The Balaban J connectivity index is 1.04. The first-order valence-electron chi connectivity index (χ1n) is 32.0. The molecule has 0 N–H and O–H groups in total. The highest BCUT2D eigenvalue weighted by molar-refractivity contribution is 7.00. The smallest absolute Gasteiger partial charge is 0.252 e. The second-order valence-corrected chi connectivity index (χ2v) is 26.2. The van der Waals surface area contributed by atoms with Crippen molar-refractivity contribution in [1.82, 2.24) is 9.13 Å². The van der Waals surface area contributed by atoms with E-state index in [9.17, 15) is 8.00 Å². The molecule has 0 amide bonds. The molecule has 6 heteroatoms. The number of nitrogens with zero attached hydrogens (tertiary/aromatic N) is 5. The first kappa shape index (κ1) is 46.6. The third-order valence-electron chi connectivity index (χ3n) is 17.9. The van der Waals surface area contributed by atoms with Gasteiger partial charge in [-0.25, -0.2) is 0 Å². The van der Waals surface area contributed by atoms with Gasteiger partial charge in [0.25, 0.3) is 6.71 Å². The van der Waals surface area contributed by atoms with Crippen LogP contribution in [0, 0.1) is 11.3 Å². The van der Waals surface area contributed by atoms with Crippen molar-refractivity contribution in [3.05, 3.63) is 259 Å². The molecule has 2 aliphatic heterocycles. The minimum absolute atomic E-state index is 0.0686. The second-order valence-electron chi connectivity index (χ2n) is 26.2. The van der Waals surface area contributed by atoms with Gasteiger partial charge in [-0.15, -0.1) is 0 Å². The minimum atomic E-state index is -0.442. The Morgan fingerprint density at radius 2 is 0.847 bits per heavy atom. The van der Waals surface area contributed by atoms with Crippen molar-refractivity contribution in [2.45, 2.75) is 78.6 Å². The molecule has 15 rings (SSSR count). The van der Waals surface area contributed by atoms with E-state index in [0.717, 1.165) is 106 Å². The average Bonchev–Trinajstić information content (AvgIpc) is 0.821. The van der Waals surface area contributed by atoms with Crippen LogP contribution in [0.5, 0.6) is 0 Å². The van der Waals surface area contributed by atoms with E-state index in [1.807, 2.05) is 42.5 Å². The summed E-state index contributed by atoms with van der Waals surface area (Å²) in [4.78, 5) is 4.76. The van der Waals surface area contributed by atoms with Gasteiger partial charge in [0, 0.05) is 61.4 Å². The lowest BCUT2D eigenvalue weighted by Crippen LogP contribution is -2.61. The summed E-state index contributed by atoms with van der Waals surface area (Å²) in [5.41, 5.74) is 21.1. The van der Waals surface area contributed by atoms with Crippen molar-refractivity contribution in [1.29, 1.82) is 5.26 Å². The summed E-state index contributed by atoms with van der Waals surface area (Å²) in [6.07, 6.45) is 0. The molecule has 2 aliphatic rings. The van der Waals surface area contributed by atoms with Gasteiger partial charge in [0.05, 0.1) is 40.2 Å². The zero-order chi connectivity index (χ0) is 62.6. The maximum atomic E-state index is 11.1. The van der Waals surface area contributed by atoms with E-state index < -0.39 is 18.1 Å². The third kappa shape index (κ3) is 8.35. The average molecular weight is 1100 g/mol. The number of nitriles is 1. The van der Waals surface area contributed by atoms with E-state index in [4.69, 9.17) is 4.11 Å². The van der Waals surface area contributed by atoms with Crippen molar-refractivity contribution in [2.24, 2.45) is 0 Å². The van der Waals surface area contributed by atoms with Gasteiger partial charge in [0.15, 0.2) is 0 Å². The Labute approximate surface area is 506 Å². The molecule has 5 nitrogen and oxygen atoms in total. The number of hydrogen-bond acceptors (Lipinski definition) is 3. The van der Waals surface area contributed by atoms with E-state index >= 15 is 0 Å². The number of fused-ring (bicyclic) bond motifs is 10. The lowest BCUT2D eigenvalue weighted by molar-refractivity contribution is 0.590. The molecule has 4 heterocycles. The van der Waals surface area contributed by atoms with E-state index in [1.54, 1.807) is 0 Å². The topological polar surface area (TPSA) is 40.1 Å². The van der Waals surface area contributed by atoms with Crippen LogP contribution in [0.25, 0.3) is 77.2 Å². The molecule has 0 atom stereocenters. The van der Waals surface area contributed by atoms with Gasteiger partial charge >= 0.3 is 0 Å². The van der Waals surface area contributed by atoms with Crippen LogP contribution >= 0.6 is 0 Å². The molecule has 0 fully saturated rings. The summed E-state index contributed by atoms with van der Waals surface area (Å²) >= 11 is 0. The quantitative estimate of drug-likeness (QED) is 0.156. The maximum Gasteiger partial charge on any atom is 0.252 e. The molecule has 11 aromatic carbocycles. The van der Waals surface area contributed by atoms with Crippen LogP contribution in [-0.4, -0.2) is 15.8 Å². The van der Waals surface area contributed by atoms with E-state index in [0.29, 0.717) is 16.8 Å². The van der Waals surface area contributed by atoms with Gasteiger partial charge in [-0.1, -0.05) is 202 Å². The molecular formula is C79H66BN5. The molecule has 0 spiro atoms. The SMILES string of the molecule is [2H]c1c([2H])c([2H])c(-c2ccc3c(c2)N(c2ccc(C#N)c(-n4c5ccccc5c5ccccc54)c2)c2cc(C(C)(C)C)cc4c2B3c2ccc(-n3c5ccc(C(C)(C)C)cc5c5cc(C(C)(C)C)ccc53)cc2N4c2ccc(-c3ccccc3)cc2)c([2H])c1[2H]. The normalized spacial score (nSPS) is 14.0. The van der Waals surface area contributed by atoms with Gasteiger partial charge in [0.1, 0.15) is 6.07 Å². The van der Waals surface area contributed by atoms with Crippen LogP contribution in [0.15, 0.2) is 236 Å². The molecule has 13 aromatic rings. The van der Waals surface area contributed by atoms with Gasteiger partial charge in [-0.2, -0.15) is 5.26 Å². The highest BCUT2D eigenvalue weighted by Crippen LogP contribution is 2.49. The highest BCUT2D eigenvalue weighted by atomic mass is 15.2. The second kappa shape index (κ2) is 19.1. The van der Waals surface area contributed by atoms with Gasteiger partial charge in [-0.3, -0.25) is 0 Å². The van der Waals surface area contributed by atoms with Crippen LogP contribution in [0.1, 0.15) is 91.4 Å². The lowest BCUT2D eigenvalue weighted by Gasteiger charge is -2.45. The van der Waals surface area contributed by atoms with E-state index in [-0.39, 0.29) is 40.6 Å². The Kier molecular flexibility index (Phi) is 10.5. The fourth-order valence-corrected chi connectivity index (χ4v) is 13.4. The summed E-state index contributed by atoms with van der Waals surface area (Å²) in [5, 5.41) is 15.7. The molecule has 85 heavy (non-hydrogen) atoms. The molecule has 0 saturated heterocycles. The van der Waals surface area contributed by atoms with Crippen molar-refractivity contribution >= 4 is 101 Å². The lowest BCUT2D eigenvalue weighted by atomic mass is 9.33. The van der Waals surface area contributed by atoms with Crippen LogP contribution in [0.4, 0.5) is 34.1 Å². The predicted molar refractivity (Wildman–Crippen MR) is 361 cm³/mol. The number of hydrogen-bond donors (Lipinski definition) is 0. The Bertz CT molecular complexity index is 5070. The summed E-state index contributed by atoms with van der Waals surface area (Å²) in [6, 6.07) is 74.7. The summed E-state index contributed by atoms with van der Waals surface area (Å²) in [5.74, 6) is 0. The van der Waals surface area contributed by atoms with Crippen molar-refractivity contribution in [3.63, 3.8) is 0 Å². The fraction of sp³-hybridized carbons (Fsp3) is 0.152. The standard InChI is InChI=1S/C79H66BN5/c1-77(2,3)55-32-40-69-63(43-55)64-44-56(78(4,5)6)33-41-70(64)83(69)60-37-39-66-73(48-60)82(58-34-28-52(29-35-58)50-20-12-10-13-21-50)74-45-57(79(7,8)9)46-75-76(74)80(66)65-38-31-53(51-22-14-11-15-23-51)42-72(65)84(75)59-36-30-54(49-81)71(47-59)85-67-26-18-16-24-61(67)62-25-17-19-27-68(62)85/h10-48H,1-9H3/i11D,14D,15D,22D,23D. The molecule has 0 bridgehead atoms. The number of benzene rings is 11. The zero-order valence-corrected chi connectivity index (χ0v) is 49.4. The molecule has 0 unspecified atom stereocenters. The van der Waals surface area contributed by atoms with Crippen LogP contribution in [0.3, 0.4) is 0 Å². The molecule has 0 radical (unpaired) electrons. The van der Waals surface area contributed by atoms with Crippen molar-refractivity contribution < 1.29 is 6.85 Å². The summed E-state index contributed by atoms with van der Waals surface area (Å²) in [6.45, 7) is 20.1. The maximum absolute atomic E-state index is 11.1. The van der Waals surface area contributed by atoms with Crippen molar-refractivity contribution in [3.8, 4) is 39.7 Å². The molecule has 0 aliphatic carbocycles. The van der Waals surface area contributed by atoms with Crippen LogP contribution < -0.4 is 26.2 Å². The first-order valence-corrected chi connectivity index (χ1v) is 29.5. The van der Waals surface area contributed by atoms with Gasteiger partial charge < -0.3 is 18.9 Å². The molecular weight excluding hydrogens is 1030 g/mol. The zero-order valence-electron chi connectivity index (χ0n) is 54.4. The summed E-state index contributed by atoms with van der Waals surface area (Å²) in [7, 11) is 0. The molecule has 0 saturated carbocycles. The molecule has 2 aromatic heterocycles. The van der Waals surface area contributed by atoms with Crippen molar-refractivity contribution in [2.75, 3.05) is 9.80 Å². The number of aromatic nitrogens is 2. The Hall–Kier alpha value is -9.83. The Morgan fingerprint density at radius 3 is 1.44 bits per heavy atom. The number of rotatable bonds is 6. The number of anilines is 6. The minimum Gasteiger partial charge on any atom is -0.311 e. The van der Waals surface area contributed by atoms with Crippen LogP contribution in [-0.2, 0) is 16.2 Å². The fourth-order valence-electron chi connectivity index (χ4n) is 13.4. The molecule has 410 valence electrons. The first-order chi connectivity index (χ1) is 43.1. The highest BCUT2D eigenvalue weighted by Gasteiger charge is 2.45. The van der Waals surface area contributed by atoms with Gasteiger partial charge in [0.2, 0.25) is 0 Å². The van der Waals surface area contributed by atoms with E-state index in [2.05, 4.69) is 251 Å². The summed E-state index contributed by atoms with van der Waals surface area (Å²) < 4.78 is 49.6. The monoisotopic (exact) mass is 1100 g/mol. The van der Waals surface area contributed by atoms with Gasteiger partial charge in [-0.05, 0) is 169 Å².